The third kappa shape index (κ3) is 7.90. The van der Waals surface area contributed by atoms with Gasteiger partial charge in [0, 0.05) is 10.3 Å². The van der Waals surface area contributed by atoms with Crippen LogP contribution in [0.2, 0.25) is 0 Å². The van der Waals surface area contributed by atoms with Gasteiger partial charge >= 0.3 is 12.1 Å². The number of methoxy groups -OCH3 is 1. The topological polar surface area (TPSA) is 94.2 Å². The molecular formula is C28H42N2O6S. The molecule has 2 rings (SSSR count). The Morgan fingerprint density at radius 1 is 1.19 bits per heavy atom. The number of esters is 1. The van der Waals surface area contributed by atoms with E-state index in [4.69, 9.17) is 14.2 Å². The molecule has 2 amide bonds. The Morgan fingerprint density at radius 2 is 1.78 bits per heavy atom. The zero-order chi connectivity index (χ0) is 28.1. The fourth-order valence-electron chi connectivity index (χ4n) is 4.10. The molecule has 1 aromatic carbocycles. The Kier molecular flexibility index (Phi) is 10.1. The normalized spacial score (nSPS) is 20.9. The molecule has 1 N–H and O–H groups in total. The molecule has 1 aromatic rings. The van der Waals surface area contributed by atoms with Crippen LogP contribution in [0.15, 0.2) is 35.9 Å². The summed E-state index contributed by atoms with van der Waals surface area (Å²) in [4.78, 5) is 41.2. The molecule has 1 aliphatic rings. The lowest BCUT2D eigenvalue weighted by Gasteiger charge is -2.50. The van der Waals surface area contributed by atoms with Gasteiger partial charge in [-0.3, -0.25) is 4.79 Å². The van der Waals surface area contributed by atoms with Gasteiger partial charge in [0.25, 0.3) is 0 Å². The Balaban J connectivity index is 2.59. The molecule has 0 spiro atoms. The van der Waals surface area contributed by atoms with E-state index < -0.39 is 34.5 Å². The summed E-state index contributed by atoms with van der Waals surface area (Å²) in [5, 5.41) is 2.45. The SMILES string of the molecule is CCOC(=O)/C(C)=C/[C@H](C(C)C)N1C(=O)[C@@H](NC(=O)OC(C)(C)C)C(C)(C)SC1c1ccc(OC)cc1. The summed E-state index contributed by atoms with van der Waals surface area (Å²) in [6.07, 6.45) is 1.14. The number of alkyl carbamates (subject to hydrolysis) is 1. The summed E-state index contributed by atoms with van der Waals surface area (Å²) in [5.41, 5.74) is 0.633. The Morgan fingerprint density at radius 3 is 2.27 bits per heavy atom. The number of nitrogens with zero attached hydrogens (tertiary/aromatic N) is 1. The van der Waals surface area contributed by atoms with E-state index in [9.17, 15) is 14.4 Å². The first-order chi connectivity index (χ1) is 17.1. The molecule has 0 saturated carbocycles. The van der Waals surface area contributed by atoms with Gasteiger partial charge in [0.2, 0.25) is 5.91 Å². The average molecular weight is 535 g/mol. The largest absolute Gasteiger partial charge is 0.497 e. The Hall–Kier alpha value is -2.68. The van der Waals surface area contributed by atoms with Crippen molar-refractivity contribution in [3.05, 3.63) is 41.5 Å². The minimum absolute atomic E-state index is 0.0296. The predicted molar refractivity (Wildman–Crippen MR) is 146 cm³/mol. The van der Waals surface area contributed by atoms with E-state index in [0.717, 1.165) is 5.56 Å². The number of nitrogens with one attached hydrogen (secondary N) is 1. The van der Waals surface area contributed by atoms with Crippen LogP contribution in [0.1, 0.15) is 73.3 Å². The fraction of sp³-hybridized carbons (Fsp3) is 0.607. The van der Waals surface area contributed by atoms with Crippen LogP contribution in [-0.2, 0) is 19.1 Å². The molecule has 0 aromatic heterocycles. The molecule has 206 valence electrons. The number of rotatable bonds is 8. The molecule has 1 fully saturated rings. The maximum absolute atomic E-state index is 14.2. The van der Waals surface area contributed by atoms with Crippen LogP contribution < -0.4 is 10.1 Å². The van der Waals surface area contributed by atoms with E-state index >= 15 is 0 Å². The van der Waals surface area contributed by atoms with Gasteiger partial charge in [-0.25, -0.2) is 9.59 Å². The molecule has 1 saturated heterocycles. The van der Waals surface area contributed by atoms with E-state index in [1.165, 1.54) is 0 Å². The number of carbonyl (C=O) groups excluding carboxylic acids is 3. The first-order valence-corrected chi connectivity index (χ1v) is 13.5. The van der Waals surface area contributed by atoms with E-state index in [1.807, 2.05) is 52.0 Å². The molecular weight excluding hydrogens is 492 g/mol. The standard InChI is InChI=1S/C28H42N2O6S/c1-11-35-25(32)18(4)16-21(17(2)3)30-23(31)22(29-26(33)36-27(5,6)7)28(8,9)37-24(30)19-12-14-20(34-10)15-13-19/h12-17,21-22,24H,11H2,1-10H3,(H,29,33)/b18-16+/t21-,22-,24?/m1/s1. The summed E-state index contributed by atoms with van der Waals surface area (Å²) < 4.78 is 15.3. The fourth-order valence-corrected chi connectivity index (χ4v) is 5.62. The van der Waals surface area contributed by atoms with Crippen molar-refractivity contribution in [3.8, 4) is 5.75 Å². The van der Waals surface area contributed by atoms with Gasteiger partial charge in [-0.05, 0) is 72.1 Å². The molecule has 9 heteroatoms. The summed E-state index contributed by atoms with van der Waals surface area (Å²) >= 11 is 1.58. The van der Waals surface area contributed by atoms with E-state index in [-0.39, 0.29) is 23.8 Å². The van der Waals surface area contributed by atoms with Crippen molar-refractivity contribution in [1.82, 2.24) is 10.2 Å². The number of hydrogen-bond acceptors (Lipinski definition) is 7. The maximum atomic E-state index is 14.2. The highest BCUT2D eigenvalue weighted by molar-refractivity contribution is 8.01. The Bertz CT molecular complexity index is 997. The number of amides is 2. The highest BCUT2D eigenvalue weighted by Gasteiger charge is 2.51. The first-order valence-electron chi connectivity index (χ1n) is 12.6. The van der Waals surface area contributed by atoms with Gasteiger partial charge in [-0.15, -0.1) is 11.8 Å². The van der Waals surface area contributed by atoms with Gasteiger partial charge in [0.05, 0.1) is 19.8 Å². The van der Waals surface area contributed by atoms with E-state index in [0.29, 0.717) is 11.3 Å². The molecule has 1 aliphatic heterocycles. The number of carbonyl (C=O) groups is 3. The van der Waals surface area contributed by atoms with Crippen LogP contribution >= 0.6 is 11.8 Å². The van der Waals surface area contributed by atoms with Crippen molar-refractivity contribution in [3.63, 3.8) is 0 Å². The van der Waals surface area contributed by atoms with Crippen molar-refractivity contribution in [2.24, 2.45) is 5.92 Å². The second-order valence-corrected chi connectivity index (χ2v) is 12.7. The zero-order valence-corrected chi connectivity index (χ0v) is 24.5. The van der Waals surface area contributed by atoms with Crippen molar-refractivity contribution < 1.29 is 28.6 Å². The smallest absolute Gasteiger partial charge is 0.408 e. The highest BCUT2D eigenvalue weighted by Crippen LogP contribution is 2.49. The number of thioether (sulfide) groups is 1. The quantitative estimate of drug-likeness (QED) is 0.349. The van der Waals surface area contributed by atoms with Gasteiger partial charge in [0.15, 0.2) is 0 Å². The van der Waals surface area contributed by atoms with Crippen LogP contribution in [-0.4, -0.2) is 59.0 Å². The van der Waals surface area contributed by atoms with Crippen molar-refractivity contribution in [2.75, 3.05) is 13.7 Å². The first kappa shape index (κ1) is 30.5. The summed E-state index contributed by atoms with van der Waals surface area (Å²) in [6.45, 7) is 16.9. The predicted octanol–water partition coefficient (Wildman–Crippen LogP) is 5.48. The molecule has 1 unspecified atom stereocenters. The lowest BCUT2D eigenvalue weighted by Crippen LogP contribution is -2.64. The zero-order valence-electron chi connectivity index (χ0n) is 23.7. The average Bonchev–Trinajstić information content (AvgIpc) is 2.79. The minimum atomic E-state index is -0.848. The summed E-state index contributed by atoms with van der Waals surface area (Å²) in [6, 6.07) is 6.32. The minimum Gasteiger partial charge on any atom is -0.497 e. The molecule has 0 bridgehead atoms. The van der Waals surface area contributed by atoms with Gasteiger partial charge in [-0.1, -0.05) is 32.1 Å². The van der Waals surface area contributed by atoms with Crippen molar-refractivity contribution >= 4 is 29.7 Å². The van der Waals surface area contributed by atoms with Gasteiger partial charge in [0.1, 0.15) is 22.8 Å². The second-order valence-electron chi connectivity index (χ2n) is 11.0. The lowest BCUT2D eigenvalue weighted by molar-refractivity contribution is -0.140. The molecule has 0 aliphatic carbocycles. The highest BCUT2D eigenvalue weighted by atomic mass is 32.2. The van der Waals surface area contributed by atoms with Crippen LogP contribution in [0.3, 0.4) is 0 Å². The van der Waals surface area contributed by atoms with Crippen molar-refractivity contribution in [1.29, 1.82) is 0 Å². The van der Waals surface area contributed by atoms with E-state index in [2.05, 4.69) is 5.32 Å². The monoisotopic (exact) mass is 534 g/mol. The molecule has 37 heavy (non-hydrogen) atoms. The number of ether oxygens (including phenoxy) is 3. The number of hydrogen-bond donors (Lipinski definition) is 1. The summed E-state index contributed by atoms with van der Waals surface area (Å²) in [7, 11) is 1.61. The molecule has 1 heterocycles. The van der Waals surface area contributed by atoms with Crippen LogP contribution in [0.4, 0.5) is 4.79 Å². The maximum Gasteiger partial charge on any atom is 0.408 e. The van der Waals surface area contributed by atoms with Crippen molar-refractivity contribution in [2.45, 2.75) is 90.1 Å². The number of benzene rings is 1. The third-order valence-electron chi connectivity index (χ3n) is 5.95. The van der Waals surface area contributed by atoms with Crippen LogP contribution in [0.25, 0.3) is 0 Å². The lowest BCUT2D eigenvalue weighted by atomic mass is 9.94. The summed E-state index contributed by atoms with van der Waals surface area (Å²) in [5.74, 6) is 0.0137. The molecule has 0 radical (unpaired) electrons. The van der Waals surface area contributed by atoms with Crippen LogP contribution in [0, 0.1) is 5.92 Å². The van der Waals surface area contributed by atoms with Gasteiger partial charge in [-0.2, -0.15) is 0 Å². The molecule has 3 atom stereocenters. The second kappa shape index (κ2) is 12.2. The molecule has 8 nitrogen and oxygen atoms in total. The Labute approximate surface area is 225 Å². The van der Waals surface area contributed by atoms with Gasteiger partial charge < -0.3 is 24.4 Å². The van der Waals surface area contributed by atoms with E-state index in [1.54, 1.807) is 64.5 Å². The third-order valence-corrected chi connectivity index (χ3v) is 7.51. The van der Waals surface area contributed by atoms with Crippen LogP contribution in [0.5, 0.6) is 5.75 Å².